The molecule has 1 aromatic heterocycles. The van der Waals surface area contributed by atoms with Gasteiger partial charge in [0, 0.05) is 55.9 Å². The minimum Gasteiger partial charge on any atom is -0.368 e. The molecule has 0 unspecified atom stereocenters. The van der Waals surface area contributed by atoms with Crippen LogP contribution in [-0.4, -0.2) is 42.7 Å². The van der Waals surface area contributed by atoms with Gasteiger partial charge in [-0.05, 0) is 43.5 Å². The largest absolute Gasteiger partial charge is 0.368 e. The molecule has 5 nitrogen and oxygen atoms in total. The van der Waals surface area contributed by atoms with E-state index < -0.39 is 0 Å². The molecule has 2 aliphatic heterocycles. The highest BCUT2D eigenvalue weighted by atomic mass is 15.3. The standard InChI is InChI=1S/C24H27N5/c1-19-18-23(29-13-7-9-20-8-5-6-12-22(20)29)26-24(25-19)28-16-14-27(15-17-28)21-10-3-2-4-11-21/h2-6,8,10-12,18H,7,9,13-17H2,1H3. The minimum atomic E-state index is 0.857. The van der Waals surface area contributed by atoms with Gasteiger partial charge in [0.2, 0.25) is 5.95 Å². The van der Waals surface area contributed by atoms with Crippen molar-refractivity contribution in [2.75, 3.05) is 47.4 Å². The Morgan fingerprint density at radius 3 is 2.31 bits per heavy atom. The lowest BCUT2D eigenvalue weighted by molar-refractivity contribution is 0.638. The van der Waals surface area contributed by atoms with Crippen LogP contribution in [0.15, 0.2) is 60.7 Å². The molecule has 29 heavy (non-hydrogen) atoms. The van der Waals surface area contributed by atoms with Crippen LogP contribution in [0.3, 0.4) is 0 Å². The second-order valence-corrected chi connectivity index (χ2v) is 7.86. The van der Waals surface area contributed by atoms with Gasteiger partial charge in [-0.2, -0.15) is 4.98 Å². The average molecular weight is 386 g/mol. The zero-order valence-corrected chi connectivity index (χ0v) is 17.0. The van der Waals surface area contributed by atoms with E-state index in [0.29, 0.717) is 0 Å². The van der Waals surface area contributed by atoms with Crippen LogP contribution in [0, 0.1) is 6.92 Å². The Labute approximate surface area is 172 Å². The topological polar surface area (TPSA) is 35.5 Å². The van der Waals surface area contributed by atoms with Gasteiger partial charge in [0.25, 0.3) is 0 Å². The predicted octanol–water partition coefficient (Wildman–Crippen LogP) is 4.20. The third kappa shape index (κ3) is 3.65. The first-order valence-corrected chi connectivity index (χ1v) is 10.5. The molecule has 0 amide bonds. The average Bonchev–Trinajstić information content (AvgIpc) is 2.79. The maximum atomic E-state index is 5.00. The van der Waals surface area contributed by atoms with Crippen LogP contribution in [0.1, 0.15) is 17.7 Å². The summed E-state index contributed by atoms with van der Waals surface area (Å²) in [5.41, 5.74) is 5.02. The normalized spacial score (nSPS) is 16.7. The minimum absolute atomic E-state index is 0.857. The Morgan fingerprint density at radius 1 is 0.759 bits per heavy atom. The van der Waals surface area contributed by atoms with Crippen LogP contribution in [0.2, 0.25) is 0 Å². The lowest BCUT2D eigenvalue weighted by Crippen LogP contribution is -2.47. The quantitative estimate of drug-likeness (QED) is 0.675. The van der Waals surface area contributed by atoms with Crippen LogP contribution < -0.4 is 14.7 Å². The van der Waals surface area contributed by atoms with E-state index in [0.717, 1.165) is 63.0 Å². The maximum absolute atomic E-state index is 5.00. The Kier molecular flexibility index (Phi) is 4.80. The molecule has 0 bridgehead atoms. The molecule has 5 heteroatoms. The molecular weight excluding hydrogens is 358 g/mol. The lowest BCUT2D eigenvalue weighted by Gasteiger charge is -2.37. The summed E-state index contributed by atoms with van der Waals surface area (Å²) in [6, 6.07) is 21.5. The van der Waals surface area contributed by atoms with Crippen molar-refractivity contribution in [3.8, 4) is 0 Å². The SMILES string of the molecule is Cc1cc(N2CCCc3ccccc32)nc(N2CCN(c3ccccc3)CC2)n1. The monoisotopic (exact) mass is 385 g/mol. The number of nitrogens with zero attached hydrogens (tertiary/aromatic N) is 5. The highest BCUT2D eigenvalue weighted by Crippen LogP contribution is 2.33. The van der Waals surface area contributed by atoms with E-state index in [4.69, 9.17) is 9.97 Å². The molecule has 5 rings (SSSR count). The summed E-state index contributed by atoms with van der Waals surface area (Å²) in [7, 11) is 0. The van der Waals surface area contributed by atoms with Gasteiger partial charge in [-0.3, -0.25) is 0 Å². The lowest BCUT2D eigenvalue weighted by atomic mass is 10.0. The van der Waals surface area contributed by atoms with E-state index in [9.17, 15) is 0 Å². The zero-order chi connectivity index (χ0) is 19.6. The number of aromatic nitrogens is 2. The number of rotatable bonds is 3. The number of aryl methyl sites for hydroxylation is 2. The van der Waals surface area contributed by atoms with E-state index >= 15 is 0 Å². The fourth-order valence-electron chi connectivity index (χ4n) is 4.39. The molecule has 0 atom stereocenters. The summed E-state index contributed by atoms with van der Waals surface area (Å²) in [5.74, 6) is 1.88. The first kappa shape index (κ1) is 18.0. The molecule has 3 heterocycles. The fraction of sp³-hybridized carbons (Fsp3) is 0.333. The number of piperazine rings is 1. The van der Waals surface area contributed by atoms with Crippen LogP contribution in [0.5, 0.6) is 0 Å². The van der Waals surface area contributed by atoms with Gasteiger partial charge in [0.1, 0.15) is 5.82 Å². The van der Waals surface area contributed by atoms with Gasteiger partial charge >= 0.3 is 0 Å². The van der Waals surface area contributed by atoms with Crippen LogP contribution in [-0.2, 0) is 6.42 Å². The van der Waals surface area contributed by atoms with Crippen molar-refractivity contribution in [3.05, 3.63) is 71.9 Å². The van der Waals surface area contributed by atoms with Gasteiger partial charge in [-0.25, -0.2) is 4.98 Å². The molecule has 2 aliphatic rings. The van der Waals surface area contributed by atoms with Crippen molar-refractivity contribution in [2.24, 2.45) is 0 Å². The van der Waals surface area contributed by atoms with Crippen LogP contribution in [0.4, 0.5) is 23.1 Å². The number of hydrogen-bond donors (Lipinski definition) is 0. The van der Waals surface area contributed by atoms with E-state index in [1.54, 1.807) is 0 Å². The molecule has 3 aromatic rings. The van der Waals surface area contributed by atoms with Crippen molar-refractivity contribution in [1.29, 1.82) is 0 Å². The third-order valence-corrected chi connectivity index (χ3v) is 5.90. The Hall–Kier alpha value is -3.08. The van der Waals surface area contributed by atoms with Crippen LogP contribution in [0.25, 0.3) is 0 Å². The highest BCUT2D eigenvalue weighted by Gasteiger charge is 2.23. The molecule has 0 aliphatic carbocycles. The highest BCUT2D eigenvalue weighted by molar-refractivity contribution is 5.66. The summed E-state index contributed by atoms with van der Waals surface area (Å²) in [5, 5.41) is 0. The fourth-order valence-corrected chi connectivity index (χ4v) is 4.39. The van der Waals surface area contributed by atoms with Crippen molar-refractivity contribution in [1.82, 2.24) is 9.97 Å². The molecule has 1 fully saturated rings. The molecule has 1 saturated heterocycles. The van der Waals surface area contributed by atoms with Gasteiger partial charge in [-0.15, -0.1) is 0 Å². The number of anilines is 4. The second-order valence-electron chi connectivity index (χ2n) is 7.86. The summed E-state index contributed by atoms with van der Waals surface area (Å²) in [6.45, 7) is 6.94. The predicted molar refractivity (Wildman–Crippen MR) is 119 cm³/mol. The smallest absolute Gasteiger partial charge is 0.227 e. The molecule has 2 aromatic carbocycles. The molecular formula is C24H27N5. The van der Waals surface area contributed by atoms with Gasteiger partial charge < -0.3 is 14.7 Å². The van der Waals surface area contributed by atoms with Crippen molar-refractivity contribution >= 4 is 23.1 Å². The second kappa shape index (κ2) is 7.74. The van der Waals surface area contributed by atoms with Gasteiger partial charge in [-0.1, -0.05) is 36.4 Å². The maximum Gasteiger partial charge on any atom is 0.227 e. The molecule has 148 valence electrons. The number of fused-ring (bicyclic) bond motifs is 1. The summed E-state index contributed by atoms with van der Waals surface area (Å²) < 4.78 is 0. The summed E-state index contributed by atoms with van der Waals surface area (Å²) in [6.07, 6.45) is 2.30. The Bertz CT molecular complexity index is 980. The third-order valence-electron chi connectivity index (χ3n) is 5.90. The number of benzene rings is 2. The van der Waals surface area contributed by atoms with E-state index in [2.05, 4.69) is 82.3 Å². The molecule has 0 radical (unpaired) electrons. The first-order valence-electron chi connectivity index (χ1n) is 10.5. The van der Waals surface area contributed by atoms with E-state index in [1.165, 1.54) is 16.9 Å². The van der Waals surface area contributed by atoms with E-state index in [-0.39, 0.29) is 0 Å². The molecule has 0 saturated carbocycles. The molecule has 0 N–H and O–H groups in total. The first-order chi connectivity index (χ1) is 14.3. The van der Waals surface area contributed by atoms with Gasteiger partial charge in [0.05, 0.1) is 0 Å². The summed E-state index contributed by atoms with van der Waals surface area (Å²) in [4.78, 5) is 16.9. The van der Waals surface area contributed by atoms with Gasteiger partial charge in [0.15, 0.2) is 0 Å². The Morgan fingerprint density at radius 2 is 1.48 bits per heavy atom. The van der Waals surface area contributed by atoms with Crippen LogP contribution >= 0.6 is 0 Å². The summed E-state index contributed by atoms with van der Waals surface area (Å²) >= 11 is 0. The number of para-hydroxylation sites is 2. The zero-order valence-electron chi connectivity index (χ0n) is 17.0. The van der Waals surface area contributed by atoms with Crippen molar-refractivity contribution in [3.63, 3.8) is 0 Å². The van der Waals surface area contributed by atoms with Crippen molar-refractivity contribution < 1.29 is 0 Å². The van der Waals surface area contributed by atoms with E-state index in [1.807, 2.05) is 0 Å². The molecule has 0 spiro atoms. The number of hydrogen-bond acceptors (Lipinski definition) is 5. The van der Waals surface area contributed by atoms with Crippen molar-refractivity contribution in [2.45, 2.75) is 19.8 Å². The Balaban J connectivity index is 1.37.